The van der Waals surface area contributed by atoms with Gasteiger partial charge in [0.15, 0.2) is 0 Å². The Balaban J connectivity index is 1.34. The molecule has 1 heterocycles. The Labute approximate surface area is 166 Å². The van der Waals surface area contributed by atoms with Crippen LogP contribution in [0.15, 0.2) is 48.5 Å². The van der Waals surface area contributed by atoms with E-state index in [-0.39, 0.29) is 11.8 Å². The summed E-state index contributed by atoms with van der Waals surface area (Å²) in [5.74, 6) is 1.44. The van der Waals surface area contributed by atoms with Crippen LogP contribution in [0.4, 0.5) is 0 Å². The van der Waals surface area contributed by atoms with Gasteiger partial charge in [-0.15, -0.1) is 0 Å². The van der Waals surface area contributed by atoms with Gasteiger partial charge in [0.1, 0.15) is 0 Å². The summed E-state index contributed by atoms with van der Waals surface area (Å²) in [5.41, 5.74) is 12.1. The van der Waals surface area contributed by atoms with E-state index in [2.05, 4.69) is 53.8 Å². The number of fused-ring (bicyclic) bond motifs is 1. The van der Waals surface area contributed by atoms with E-state index in [0.29, 0.717) is 37.5 Å². The van der Waals surface area contributed by atoms with Crippen molar-refractivity contribution in [2.75, 3.05) is 19.8 Å². The first-order chi connectivity index (χ1) is 13.7. The first-order valence-corrected chi connectivity index (χ1v) is 10.5. The number of rotatable bonds is 4. The molecule has 4 heteroatoms. The minimum absolute atomic E-state index is 0.00471. The smallest absolute Gasteiger partial charge is 0.237 e. The summed E-state index contributed by atoms with van der Waals surface area (Å²) >= 11 is 0. The van der Waals surface area contributed by atoms with E-state index in [1.165, 1.54) is 22.3 Å². The fraction of sp³-hybridized carbons (Fsp3) is 0.458. The Morgan fingerprint density at radius 2 is 1.57 bits per heavy atom. The molecule has 146 valence electrons. The Hall–Kier alpha value is -2.17. The van der Waals surface area contributed by atoms with Gasteiger partial charge < -0.3 is 15.8 Å². The molecule has 3 N–H and O–H groups in total. The molecule has 2 atom stereocenters. The topological polar surface area (TPSA) is 64.4 Å². The first kappa shape index (κ1) is 17.9. The normalized spacial score (nSPS) is 27.0. The second kappa shape index (κ2) is 7.34. The van der Waals surface area contributed by atoms with Crippen LogP contribution in [-0.4, -0.2) is 31.7 Å². The van der Waals surface area contributed by atoms with Gasteiger partial charge in [-0.1, -0.05) is 48.5 Å². The lowest BCUT2D eigenvalue weighted by molar-refractivity contribution is -0.124. The highest BCUT2D eigenvalue weighted by atomic mass is 16.5. The number of hydrogen-bond donors (Lipinski definition) is 2. The molecule has 2 aromatic carbocycles. The molecule has 0 spiro atoms. The predicted octanol–water partition coefficient (Wildman–Crippen LogP) is 3.15. The third-order valence-corrected chi connectivity index (χ3v) is 7.04. The molecule has 2 bridgehead atoms. The Bertz CT molecular complexity index is 827. The largest absolute Gasteiger partial charge is 0.381 e. The highest BCUT2D eigenvalue weighted by Crippen LogP contribution is 2.55. The zero-order chi connectivity index (χ0) is 19.1. The molecule has 1 amide bonds. The summed E-state index contributed by atoms with van der Waals surface area (Å²) in [5, 5.41) is 3.19. The van der Waals surface area contributed by atoms with Crippen molar-refractivity contribution >= 4 is 5.91 Å². The van der Waals surface area contributed by atoms with Crippen LogP contribution in [0.25, 0.3) is 0 Å². The summed E-state index contributed by atoms with van der Waals surface area (Å²) in [4.78, 5) is 12.7. The standard InChI is InChI=1S/C24H28N2O2/c25-23(15-9-11-28-12-10-15)24(27)26-14-16-13-21-17-5-1-3-7-19(17)22(16)20-8-4-2-6-18(20)21/h1-8,15-16,21-23H,9-14,25H2,(H,26,27). The molecule has 4 aliphatic rings. The van der Waals surface area contributed by atoms with Crippen molar-refractivity contribution in [3.8, 4) is 0 Å². The van der Waals surface area contributed by atoms with E-state index in [4.69, 9.17) is 10.5 Å². The molecule has 1 fully saturated rings. The van der Waals surface area contributed by atoms with Crippen molar-refractivity contribution in [2.45, 2.75) is 37.1 Å². The van der Waals surface area contributed by atoms with Crippen molar-refractivity contribution in [1.82, 2.24) is 5.32 Å². The number of benzene rings is 2. The number of nitrogens with two attached hydrogens (primary N) is 1. The molecule has 1 aliphatic heterocycles. The molecule has 4 nitrogen and oxygen atoms in total. The van der Waals surface area contributed by atoms with Crippen LogP contribution in [0.3, 0.4) is 0 Å². The van der Waals surface area contributed by atoms with Gasteiger partial charge in [0, 0.05) is 31.6 Å². The molecule has 6 rings (SSSR count). The monoisotopic (exact) mass is 376 g/mol. The van der Waals surface area contributed by atoms with Gasteiger partial charge in [0.2, 0.25) is 5.91 Å². The summed E-state index contributed by atoms with van der Waals surface area (Å²) < 4.78 is 5.40. The third-order valence-electron chi connectivity index (χ3n) is 7.04. The maximum atomic E-state index is 12.7. The van der Waals surface area contributed by atoms with Crippen molar-refractivity contribution in [3.05, 3.63) is 70.8 Å². The lowest BCUT2D eigenvalue weighted by Gasteiger charge is -2.45. The van der Waals surface area contributed by atoms with Crippen molar-refractivity contribution in [3.63, 3.8) is 0 Å². The van der Waals surface area contributed by atoms with Gasteiger partial charge in [-0.3, -0.25) is 4.79 Å². The zero-order valence-corrected chi connectivity index (χ0v) is 16.1. The van der Waals surface area contributed by atoms with Crippen LogP contribution in [0, 0.1) is 11.8 Å². The van der Waals surface area contributed by atoms with Crippen LogP contribution >= 0.6 is 0 Å². The van der Waals surface area contributed by atoms with E-state index >= 15 is 0 Å². The third kappa shape index (κ3) is 2.96. The summed E-state index contributed by atoms with van der Waals surface area (Å²) in [6.45, 7) is 2.12. The van der Waals surface area contributed by atoms with Gasteiger partial charge in [0.05, 0.1) is 6.04 Å². The van der Waals surface area contributed by atoms with Crippen LogP contribution in [0.5, 0.6) is 0 Å². The van der Waals surface area contributed by atoms with Gasteiger partial charge in [-0.05, 0) is 53.4 Å². The average molecular weight is 377 g/mol. The van der Waals surface area contributed by atoms with Crippen molar-refractivity contribution in [2.24, 2.45) is 17.6 Å². The van der Waals surface area contributed by atoms with Gasteiger partial charge >= 0.3 is 0 Å². The SMILES string of the molecule is NC(C(=O)NCC1CC2c3ccccc3C1c1ccccc12)C1CCOCC1. The Morgan fingerprint density at radius 3 is 2.18 bits per heavy atom. The van der Waals surface area contributed by atoms with E-state index in [9.17, 15) is 4.79 Å². The molecule has 2 aromatic rings. The maximum absolute atomic E-state index is 12.7. The van der Waals surface area contributed by atoms with Crippen LogP contribution in [0.2, 0.25) is 0 Å². The number of amides is 1. The molecule has 3 aliphatic carbocycles. The number of nitrogens with one attached hydrogen (secondary N) is 1. The fourth-order valence-corrected chi connectivity index (χ4v) is 5.60. The second-order valence-corrected chi connectivity index (χ2v) is 8.50. The first-order valence-electron chi connectivity index (χ1n) is 10.5. The summed E-state index contributed by atoms with van der Waals surface area (Å²) in [7, 11) is 0. The molecular formula is C24H28N2O2. The summed E-state index contributed by atoms with van der Waals surface area (Å²) in [6.07, 6.45) is 2.85. The van der Waals surface area contributed by atoms with E-state index < -0.39 is 6.04 Å². The van der Waals surface area contributed by atoms with Crippen molar-refractivity contribution < 1.29 is 9.53 Å². The van der Waals surface area contributed by atoms with Gasteiger partial charge in [-0.2, -0.15) is 0 Å². The van der Waals surface area contributed by atoms with E-state index in [0.717, 1.165) is 19.3 Å². The second-order valence-electron chi connectivity index (χ2n) is 8.50. The lowest BCUT2D eigenvalue weighted by atomic mass is 9.59. The number of hydrogen-bond acceptors (Lipinski definition) is 3. The molecule has 1 saturated heterocycles. The Kier molecular flexibility index (Phi) is 4.69. The average Bonchev–Trinajstić information content (AvgIpc) is 2.77. The zero-order valence-electron chi connectivity index (χ0n) is 16.1. The van der Waals surface area contributed by atoms with Crippen molar-refractivity contribution in [1.29, 1.82) is 0 Å². The van der Waals surface area contributed by atoms with E-state index in [1.54, 1.807) is 0 Å². The number of ether oxygens (including phenoxy) is 1. The molecule has 0 radical (unpaired) electrons. The molecular weight excluding hydrogens is 348 g/mol. The number of carbonyl (C=O) groups is 1. The molecule has 0 aromatic heterocycles. The highest BCUT2D eigenvalue weighted by Gasteiger charge is 2.43. The maximum Gasteiger partial charge on any atom is 0.237 e. The van der Waals surface area contributed by atoms with Crippen LogP contribution in [0.1, 0.15) is 53.4 Å². The minimum atomic E-state index is -0.427. The molecule has 28 heavy (non-hydrogen) atoms. The van der Waals surface area contributed by atoms with E-state index in [1.807, 2.05) is 0 Å². The number of carbonyl (C=O) groups excluding carboxylic acids is 1. The van der Waals surface area contributed by atoms with Crippen LogP contribution < -0.4 is 11.1 Å². The van der Waals surface area contributed by atoms with Gasteiger partial charge in [0.25, 0.3) is 0 Å². The molecule has 0 saturated carbocycles. The molecule has 2 unspecified atom stereocenters. The minimum Gasteiger partial charge on any atom is -0.381 e. The fourth-order valence-electron chi connectivity index (χ4n) is 5.60. The lowest BCUT2D eigenvalue weighted by Crippen LogP contribution is -2.49. The predicted molar refractivity (Wildman–Crippen MR) is 109 cm³/mol. The Morgan fingerprint density at radius 1 is 1.00 bits per heavy atom. The summed E-state index contributed by atoms with van der Waals surface area (Å²) in [6, 6.07) is 17.2. The van der Waals surface area contributed by atoms with Crippen LogP contribution in [-0.2, 0) is 9.53 Å². The highest BCUT2D eigenvalue weighted by molar-refractivity contribution is 5.81. The quantitative estimate of drug-likeness (QED) is 0.862. The van der Waals surface area contributed by atoms with Gasteiger partial charge in [-0.25, -0.2) is 0 Å².